The minimum atomic E-state index is -1.03. The summed E-state index contributed by atoms with van der Waals surface area (Å²) in [6.45, 7) is 11.8. The topological polar surface area (TPSA) is 96.3 Å². The molecule has 5 aromatic carbocycles. The van der Waals surface area contributed by atoms with Gasteiger partial charge in [0.15, 0.2) is 5.78 Å². The molecule has 1 N–H and O–H groups in total. The van der Waals surface area contributed by atoms with Crippen molar-refractivity contribution in [3.63, 3.8) is 0 Å². The molecule has 0 spiro atoms. The van der Waals surface area contributed by atoms with E-state index in [9.17, 15) is 32.7 Å². The van der Waals surface area contributed by atoms with Crippen LogP contribution in [0, 0.1) is 48.6 Å². The summed E-state index contributed by atoms with van der Waals surface area (Å²) in [6.07, 6.45) is 6.83. The van der Waals surface area contributed by atoms with E-state index in [1.165, 1.54) is 48.5 Å². The monoisotopic (exact) mass is 1150 g/mol. The molecule has 0 aliphatic carbocycles. The first-order chi connectivity index (χ1) is 31.3. The summed E-state index contributed by atoms with van der Waals surface area (Å²) in [5.74, 6) is -0.357. The summed E-state index contributed by atoms with van der Waals surface area (Å²) >= 11 is 11.0. The van der Waals surface area contributed by atoms with Gasteiger partial charge in [-0.05, 0) is 98.8 Å². The Balaban J connectivity index is 0.000000459. The molecule has 2 radical (unpaired) electrons. The van der Waals surface area contributed by atoms with Gasteiger partial charge in [-0.1, -0.05) is 97.1 Å². The van der Waals surface area contributed by atoms with Crippen molar-refractivity contribution in [3.8, 4) is 0 Å². The molecular formula is C51H54BCl2F3N2O5U. The molecule has 7 nitrogen and oxygen atoms in total. The van der Waals surface area contributed by atoms with Crippen molar-refractivity contribution < 1.29 is 68.5 Å². The Hall–Kier alpha value is -4.65. The molecule has 0 bridgehead atoms. The zero-order valence-electron chi connectivity index (χ0n) is 37.5. The third-order valence-electron chi connectivity index (χ3n) is 10.3. The van der Waals surface area contributed by atoms with Gasteiger partial charge in [-0.15, -0.1) is 36.4 Å². The summed E-state index contributed by atoms with van der Waals surface area (Å²) in [5.41, 5.74) is 2.28. The Labute approximate surface area is 418 Å². The maximum absolute atomic E-state index is 13.3. The van der Waals surface area contributed by atoms with Crippen LogP contribution in [-0.4, -0.2) is 56.0 Å². The number of benzene rings is 5. The largest absolute Gasteiger partial charge is 0.437 e. The molecule has 1 saturated heterocycles. The van der Waals surface area contributed by atoms with Crippen molar-refractivity contribution in [1.82, 2.24) is 4.90 Å². The Morgan fingerprint density at radius 3 is 1.83 bits per heavy atom. The molecular weight excluding hydrogens is 1100 g/mol. The molecule has 0 aromatic heterocycles. The molecule has 2 unspecified atom stereocenters. The number of hydrogen-bond donors (Lipinski definition) is 1. The van der Waals surface area contributed by atoms with Crippen LogP contribution in [0.15, 0.2) is 164 Å². The van der Waals surface area contributed by atoms with Gasteiger partial charge >= 0.3 is 6.09 Å². The molecule has 65 heavy (non-hydrogen) atoms. The van der Waals surface area contributed by atoms with Gasteiger partial charge in [0.25, 0.3) is 0 Å². The molecule has 4 atom stereocenters. The number of carbonyl (C=O) groups is 2. The number of carbonyl (C=O) groups excluding carboxylic acids is 3. The average molecular weight is 1150 g/mol. The first kappa shape index (κ1) is 56.5. The number of nitrogens with zero attached hydrogens (tertiary/aromatic N) is 2. The molecule has 5 aromatic rings. The van der Waals surface area contributed by atoms with Crippen molar-refractivity contribution >= 4 is 49.5 Å². The van der Waals surface area contributed by atoms with Crippen molar-refractivity contribution in [2.45, 2.75) is 69.2 Å². The quantitative estimate of drug-likeness (QED) is 0.0281. The number of rotatable bonds is 15. The predicted molar refractivity (Wildman–Crippen MR) is 252 cm³/mol. The molecule has 340 valence electrons. The van der Waals surface area contributed by atoms with Gasteiger partial charge in [0, 0.05) is 82.6 Å². The van der Waals surface area contributed by atoms with Crippen molar-refractivity contribution in [1.29, 1.82) is 1.34 Å². The number of Topliss-reactive ketones (excluding diaryl/α,β-unsaturated/α-hetero) is 1. The summed E-state index contributed by atoms with van der Waals surface area (Å²) in [7, 11) is 3.75. The Kier molecular flexibility index (Phi) is 26.5. The van der Waals surface area contributed by atoms with Crippen LogP contribution in [0.4, 0.5) is 18.0 Å². The molecule has 1 aliphatic heterocycles. The molecule has 1 fully saturated rings. The standard InChI is InChI=1S/C21H22FNO2.C12H14ClFO.C9H8ClFO.C9H9NO.BH.U/c1-3-13-21(18-9-11-19(22)12-10-18)14-15-23(20(24)25-21)16(2)17-7-5-4-6-8-17;1-2-7-12(15,8-9-13)10-3-5-11(14)6-4-10;10-6-5-9(12)7-1-3-8(11)4-2-7;1-8(10-7-11)9-5-3-2-4-6-9;;/h3-12,16H,1,13-15H2,2H3;2-6,15H,1,7-9H2;1-4H,5-6H2;2-6,8H,1H3;1H;/t16-,21?;;;8-;;/m0..0../s1/i;;;;1D;. The summed E-state index contributed by atoms with van der Waals surface area (Å²) in [6, 6.07) is 36.8. The van der Waals surface area contributed by atoms with Crippen LogP contribution in [0.1, 0.15) is 90.6 Å². The minimum absolute atomic E-state index is 0. The van der Waals surface area contributed by atoms with Crippen LogP contribution < -0.4 is 0 Å². The number of ether oxygens (including phenoxy) is 1. The Morgan fingerprint density at radius 1 is 0.862 bits per heavy atom. The molecule has 1 amide bonds. The van der Waals surface area contributed by atoms with E-state index in [1.807, 2.05) is 74.5 Å². The number of halogens is 5. The van der Waals surface area contributed by atoms with Gasteiger partial charge < -0.3 is 14.7 Å². The van der Waals surface area contributed by atoms with Crippen LogP contribution in [-0.2, 0) is 20.7 Å². The van der Waals surface area contributed by atoms with Gasteiger partial charge in [0.1, 0.15) is 23.1 Å². The number of alkyl halides is 2. The van der Waals surface area contributed by atoms with E-state index in [0.717, 1.165) is 16.7 Å². The van der Waals surface area contributed by atoms with E-state index >= 15 is 0 Å². The zero-order chi connectivity index (χ0) is 48.3. The van der Waals surface area contributed by atoms with Gasteiger partial charge in [-0.25, -0.2) is 22.8 Å². The number of hydrogen-bond acceptors (Lipinski definition) is 6. The van der Waals surface area contributed by atoms with Gasteiger partial charge in [-0.2, -0.15) is 4.99 Å². The smallest absolute Gasteiger partial charge is 0.411 e. The second-order valence-electron chi connectivity index (χ2n) is 14.5. The fraction of sp³-hybridized carbons (Fsp3) is 0.275. The normalized spacial score (nSPS) is 15.5. The van der Waals surface area contributed by atoms with E-state index in [2.05, 4.69) is 26.5 Å². The van der Waals surface area contributed by atoms with Crippen molar-refractivity contribution in [2.75, 3.05) is 18.3 Å². The van der Waals surface area contributed by atoms with E-state index < -0.39 is 11.2 Å². The summed E-state index contributed by atoms with van der Waals surface area (Å²) < 4.78 is 49.5. The van der Waals surface area contributed by atoms with Gasteiger partial charge in [0.2, 0.25) is 6.08 Å². The predicted octanol–water partition coefficient (Wildman–Crippen LogP) is 12.5. The van der Waals surface area contributed by atoms with E-state index in [0.29, 0.717) is 61.5 Å². The molecule has 14 heteroatoms. The third-order valence-corrected chi connectivity index (χ3v) is 10.6. The summed E-state index contributed by atoms with van der Waals surface area (Å²) in [5, 5.41) is 10.3. The maximum atomic E-state index is 13.3. The maximum Gasteiger partial charge on any atom is 0.411 e. The molecule has 0 saturated carbocycles. The number of aliphatic hydroxyl groups is 1. The first-order valence-electron chi connectivity index (χ1n) is 20.9. The molecule has 1 aliphatic rings. The van der Waals surface area contributed by atoms with Gasteiger partial charge in [0.05, 0.1) is 17.7 Å². The minimum Gasteiger partial charge on any atom is -0.437 e. The number of cyclic esters (lactones) is 1. The number of aliphatic imine (C=N–C) groups is 1. The van der Waals surface area contributed by atoms with Crippen LogP contribution >= 0.6 is 23.2 Å². The van der Waals surface area contributed by atoms with Crippen molar-refractivity contribution in [2.24, 2.45) is 4.99 Å². The molecule has 1 heterocycles. The van der Waals surface area contributed by atoms with Crippen molar-refractivity contribution in [3.05, 3.63) is 204 Å². The van der Waals surface area contributed by atoms with Crippen LogP contribution in [0.5, 0.6) is 0 Å². The van der Waals surface area contributed by atoms with Crippen LogP contribution in [0.2, 0.25) is 0 Å². The van der Waals surface area contributed by atoms with Crippen LogP contribution in [0.3, 0.4) is 0 Å². The summed E-state index contributed by atoms with van der Waals surface area (Å²) in [4.78, 5) is 39.1. The fourth-order valence-corrected chi connectivity index (χ4v) is 7.14. The number of isocyanates is 1. The SMILES string of the molecule is C=CCC(O)(CCCl)c1ccc(F)cc1.C=CCC1(c2ccc(F)cc2)CCN([C@@H](C)c2ccccc2)C(=O)O1.C[C@H](N=C=O)c1ccccc1.O=C(CCCl)c1ccc(F)cc1.[2H][B].[U]. The zero-order valence-corrected chi connectivity index (χ0v) is 42.2. The fourth-order valence-electron chi connectivity index (χ4n) is 6.65. The van der Waals surface area contributed by atoms with E-state index in [-0.39, 0.29) is 72.5 Å². The molecule has 6 rings (SSSR count). The second kappa shape index (κ2) is 30.5. The van der Waals surface area contributed by atoms with E-state index in [1.54, 1.807) is 47.4 Å². The Morgan fingerprint density at radius 2 is 1.37 bits per heavy atom. The third kappa shape index (κ3) is 18.6. The second-order valence-corrected chi connectivity index (χ2v) is 15.3. The number of ketones is 1. The first-order valence-corrected chi connectivity index (χ1v) is 21.4. The Bertz CT molecular complexity index is 2230. The average Bonchev–Trinajstić information content (AvgIpc) is 3.32. The number of amides is 1. The van der Waals surface area contributed by atoms with E-state index in [4.69, 9.17) is 29.3 Å². The van der Waals surface area contributed by atoms with Gasteiger partial charge in [-0.3, -0.25) is 4.79 Å². The van der Waals surface area contributed by atoms with Crippen LogP contribution in [0.25, 0.3) is 0 Å².